The third-order valence-electron chi connectivity index (χ3n) is 4.53. The van der Waals surface area contributed by atoms with E-state index in [-0.39, 0.29) is 11.8 Å². The summed E-state index contributed by atoms with van der Waals surface area (Å²) in [6, 6.07) is 24.6. The van der Waals surface area contributed by atoms with Crippen LogP contribution in [0.5, 0.6) is 0 Å². The second kappa shape index (κ2) is 7.70. The Balaban J connectivity index is 1.32. The largest absolute Gasteiger partial charge is 0.306 e. The lowest BCUT2D eigenvalue weighted by atomic mass is 10.2. The minimum absolute atomic E-state index is 0.225. The summed E-state index contributed by atoms with van der Waals surface area (Å²) in [6.07, 6.45) is 0. The number of thiophene rings is 2. The van der Waals surface area contributed by atoms with Crippen molar-refractivity contribution in [2.24, 2.45) is 0 Å². The maximum absolute atomic E-state index is 12.6. The number of nitrogens with zero attached hydrogens (tertiary/aromatic N) is 1. The van der Waals surface area contributed by atoms with Crippen molar-refractivity contribution in [1.29, 1.82) is 0 Å². The first-order chi connectivity index (χ1) is 14.7. The fourth-order valence-corrected chi connectivity index (χ4v) is 5.03. The van der Waals surface area contributed by atoms with Crippen LogP contribution in [-0.2, 0) is 0 Å². The van der Waals surface area contributed by atoms with E-state index in [0.717, 1.165) is 20.2 Å². The predicted molar refractivity (Wildman–Crippen MR) is 124 cm³/mol. The van der Waals surface area contributed by atoms with E-state index in [0.29, 0.717) is 21.4 Å². The van der Waals surface area contributed by atoms with Gasteiger partial charge in [-0.15, -0.1) is 22.7 Å². The number of aromatic nitrogens is 1. The number of benzene rings is 2. The van der Waals surface area contributed by atoms with E-state index in [1.165, 1.54) is 22.7 Å². The average Bonchev–Trinajstić information content (AvgIpc) is 3.38. The van der Waals surface area contributed by atoms with Gasteiger partial charge in [0.25, 0.3) is 11.8 Å². The molecule has 5 nitrogen and oxygen atoms in total. The Bertz CT molecular complexity index is 1230. The Hall–Kier alpha value is -3.55. The summed E-state index contributed by atoms with van der Waals surface area (Å²) in [4.78, 5) is 30.8. The summed E-state index contributed by atoms with van der Waals surface area (Å²) >= 11 is 2.86. The van der Waals surface area contributed by atoms with Crippen molar-refractivity contribution in [3.05, 3.63) is 88.6 Å². The zero-order valence-corrected chi connectivity index (χ0v) is 17.2. The number of anilines is 2. The molecule has 0 saturated heterocycles. The number of pyridine rings is 1. The molecule has 2 aromatic carbocycles. The summed E-state index contributed by atoms with van der Waals surface area (Å²) in [6.45, 7) is 0. The molecule has 0 unspecified atom stereocenters. The quantitative estimate of drug-likeness (QED) is 0.367. The minimum atomic E-state index is -0.225. The number of nitrogens with one attached hydrogen (secondary N) is 2. The molecule has 3 heterocycles. The molecule has 146 valence electrons. The summed E-state index contributed by atoms with van der Waals surface area (Å²) in [5.41, 5.74) is 0. The molecule has 0 aliphatic rings. The van der Waals surface area contributed by atoms with Gasteiger partial charge in [-0.2, -0.15) is 0 Å². The Morgan fingerprint density at radius 2 is 1.10 bits per heavy atom. The van der Waals surface area contributed by atoms with Crippen LogP contribution < -0.4 is 10.6 Å². The number of fused-ring (bicyclic) bond motifs is 2. The fraction of sp³-hybridized carbons (Fsp3) is 0. The molecule has 3 aromatic heterocycles. The molecule has 2 N–H and O–H groups in total. The van der Waals surface area contributed by atoms with E-state index in [1.807, 2.05) is 60.7 Å². The van der Waals surface area contributed by atoms with Gasteiger partial charge < -0.3 is 10.6 Å². The monoisotopic (exact) mass is 429 g/mol. The Morgan fingerprint density at radius 3 is 1.57 bits per heavy atom. The van der Waals surface area contributed by atoms with Crippen LogP contribution in [0.1, 0.15) is 19.3 Å². The zero-order chi connectivity index (χ0) is 20.5. The minimum Gasteiger partial charge on any atom is -0.306 e. The maximum atomic E-state index is 12.6. The lowest BCUT2D eigenvalue weighted by molar-refractivity contribution is 0.102. The van der Waals surface area contributed by atoms with Crippen molar-refractivity contribution in [2.75, 3.05) is 10.6 Å². The first-order valence-corrected chi connectivity index (χ1v) is 10.9. The second-order valence-corrected chi connectivity index (χ2v) is 8.78. The van der Waals surface area contributed by atoms with E-state index in [4.69, 9.17) is 0 Å². The van der Waals surface area contributed by atoms with Gasteiger partial charge in [0.2, 0.25) is 0 Å². The number of hydrogen-bond acceptors (Lipinski definition) is 5. The standard InChI is InChI=1S/C23H15N3O2S2/c27-22(18-12-14-6-1-3-8-16(14)29-18)25-20-10-5-11-21(24-20)26-23(28)19-13-15-7-2-4-9-17(15)30-19/h1-13H,(H2,24,25,26,27,28). The van der Waals surface area contributed by atoms with Crippen LogP contribution in [-0.4, -0.2) is 16.8 Å². The van der Waals surface area contributed by atoms with E-state index < -0.39 is 0 Å². The first kappa shape index (κ1) is 18.5. The molecule has 0 aliphatic heterocycles. The van der Waals surface area contributed by atoms with Crippen LogP contribution in [0.15, 0.2) is 78.9 Å². The number of carbonyl (C=O) groups is 2. The molecule has 0 spiro atoms. The Labute approximate surface area is 180 Å². The molecule has 0 fully saturated rings. The topological polar surface area (TPSA) is 71.1 Å². The molecule has 7 heteroatoms. The first-order valence-electron chi connectivity index (χ1n) is 9.23. The molecule has 0 aliphatic carbocycles. The summed E-state index contributed by atoms with van der Waals surface area (Å²) in [5, 5.41) is 7.68. The number of amides is 2. The van der Waals surface area contributed by atoms with Crippen molar-refractivity contribution >= 4 is 66.3 Å². The van der Waals surface area contributed by atoms with E-state index in [1.54, 1.807) is 18.2 Å². The average molecular weight is 430 g/mol. The third-order valence-corrected chi connectivity index (χ3v) is 6.76. The molecule has 5 aromatic rings. The van der Waals surface area contributed by atoms with E-state index in [2.05, 4.69) is 15.6 Å². The van der Waals surface area contributed by atoms with Gasteiger partial charge in [-0.05, 0) is 47.2 Å². The summed E-state index contributed by atoms with van der Waals surface area (Å²) in [7, 11) is 0. The number of hydrogen-bond donors (Lipinski definition) is 2. The highest BCUT2D eigenvalue weighted by atomic mass is 32.1. The van der Waals surface area contributed by atoms with Crippen LogP contribution in [0.25, 0.3) is 20.2 Å². The highest BCUT2D eigenvalue weighted by Crippen LogP contribution is 2.27. The van der Waals surface area contributed by atoms with Gasteiger partial charge in [-0.1, -0.05) is 42.5 Å². The van der Waals surface area contributed by atoms with E-state index in [9.17, 15) is 9.59 Å². The molecule has 30 heavy (non-hydrogen) atoms. The maximum Gasteiger partial charge on any atom is 0.266 e. The van der Waals surface area contributed by atoms with Gasteiger partial charge in [0.1, 0.15) is 11.6 Å². The van der Waals surface area contributed by atoms with Gasteiger partial charge in [0.05, 0.1) is 9.75 Å². The van der Waals surface area contributed by atoms with Crippen molar-refractivity contribution in [3.8, 4) is 0 Å². The van der Waals surface area contributed by atoms with Gasteiger partial charge in [0, 0.05) is 9.40 Å². The SMILES string of the molecule is O=C(Nc1cccc(NC(=O)c2cc3ccccc3s2)n1)c1cc2ccccc2s1. The normalized spacial score (nSPS) is 10.9. The lowest BCUT2D eigenvalue weighted by Gasteiger charge is -2.06. The molecular formula is C23H15N3O2S2. The van der Waals surface area contributed by atoms with Crippen LogP contribution in [0, 0.1) is 0 Å². The summed E-state index contributed by atoms with van der Waals surface area (Å²) in [5.74, 6) is 0.312. The molecule has 0 bridgehead atoms. The van der Waals surface area contributed by atoms with Crippen LogP contribution in [0.4, 0.5) is 11.6 Å². The molecule has 0 saturated carbocycles. The molecule has 0 radical (unpaired) electrons. The zero-order valence-electron chi connectivity index (χ0n) is 15.6. The molecule has 0 atom stereocenters. The van der Waals surface area contributed by atoms with Crippen LogP contribution in [0.3, 0.4) is 0 Å². The van der Waals surface area contributed by atoms with Crippen molar-refractivity contribution in [1.82, 2.24) is 4.98 Å². The lowest BCUT2D eigenvalue weighted by Crippen LogP contribution is -2.14. The van der Waals surface area contributed by atoms with E-state index >= 15 is 0 Å². The van der Waals surface area contributed by atoms with Gasteiger partial charge in [-0.25, -0.2) is 4.98 Å². The number of rotatable bonds is 4. The highest BCUT2D eigenvalue weighted by Gasteiger charge is 2.13. The van der Waals surface area contributed by atoms with Crippen molar-refractivity contribution in [2.45, 2.75) is 0 Å². The Morgan fingerprint density at radius 1 is 0.633 bits per heavy atom. The Kier molecular flexibility index (Phi) is 4.74. The second-order valence-electron chi connectivity index (χ2n) is 6.61. The molecular weight excluding hydrogens is 414 g/mol. The van der Waals surface area contributed by atoms with Crippen LogP contribution >= 0.6 is 22.7 Å². The number of carbonyl (C=O) groups excluding carboxylic acids is 2. The van der Waals surface area contributed by atoms with Crippen molar-refractivity contribution < 1.29 is 9.59 Å². The van der Waals surface area contributed by atoms with Gasteiger partial charge in [-0.3, -0.25) is 9.59 Å². The smallest absolute Gasteiger partial charge is 0.266 e. The third kappa shape index (κ3) is 3.68. The van der Waals surface area contributed by atoms with Crippen molar-refractivity contribution in [3.63, 3.8) is 0 Å². The fourth-order valence-electron chi connectivity index (χ4n) is 3.12. The predicted octanol–water partition coefficient (Wildman–Crippen LogP) is 6.02. The summed E-state index contributed by atoms with van der Waals surface area (Å²) < 4.78 is 2.11. The van der Waals surface area contributed by atoms with Gasteiger partial charge in [0.15, 0.2) is 0 Å². The molecule has 2 amide bonds. The van der Waals surface area contributed by atoms with Crippen LogP contribution in [0.2, 0.25) is 0 Å². The highest BCUT2D eigenvalue weighted by molar-refractivity contribution is 7.21. The molecule has 5 rings (SSSR count). The van der Waals surface area contributed by atoms with Gasteiger partial charge >= 0.3 is 0 Å².